The van der Waals surface area contributed by atoms with Gasteiger partial charge in [-0.2, -0.15) is 0 Å². The molecule has 0 saturated heterocycles. The lowest BCUT2D eigenvalue weighted by atomic mass is 10.2. The highest BCUT2D eigenvalue weighted by Crippen LogP contribution is 2.36. The number of thioether (sulfide) groups is 1. The van der Waals surface area contributed by atoms with Gasteiger partial charge in [-0.3, -0.25) is 9.36 Å². The van der Waals surface area contributed by atoms with Gasteiger partial charge in [0.15, 0.2) is 5.16 Å². The van der Waals surface area contributed by atoms with E-state index in [1.54, 1.807) is 23.1 Å². The Bertz CT molecular complexity index is 981. The molecule has 0 atom stereocenters. The van der Waals surface area contributed by atoms with Gasteiger partial charge in [-0.05, 0) is 45.1 Å². The van der Waals surface area contributed by atoms with Crippen LogP contribution in [0.5, 0.6) is 0 Å². The Hall–Kier alpha value is -1.60. The van der Waals surface area contributed by atoms with E-state index in [0.29, 0.717) is 12.3 Å². The Balaban J connectivity index is 1.77. The molecule has 0 fully saturated rings. The largest absolute Gasteiger partial charge is 0.361 e. The van der Waals surface area contributed by atoms with E-state index in [2.05, 4.69) is 12.1 Å². The van der Waals surface area contributed by atoms with Crippen LogP contribution in [-0.4, -0.2) is 14.7 Å². The normalized spacial score (nSPS) is 13.7. The minimum Gasteiger partial charge on any atom is -0.361 e. The van der Waals surface area contributed by atoms with Crippen molar-refractivity contribution in [2.75, 3.05) is 0 Å². The molecule has 25 heavy (non-hydrogen) atoms. The molecule has 0 radical (unpaired) electrons. The van der Waals surface area contributed by atoms with Crippen molar-refractivity contribution in [2.24, 2.45) is 0 Å². The molecule has 0 amide bonds. The molecule has 0 bridgehead atoms. The fourth-order valence-corrected chi connectivity index (χ4v) is 5.91. The van der Waals surface area contributed by atoms with Crippen molar-refractivity contribution < 1.29 is 4.52 Å². The van der Waals surface area contributed by atoms with Crippen molar-refractivity contribution >= 4 is 33.3 Å². The summed E-state index contributed by atoms with van der Waals surface area (Å²) in [6.45, 7) is 6.68. The van der Waals surface area contributed by atoms with Crippen LogP contribution in [0.2, 0.25) is 0 Å². The van der Waals surface area contributed by atoms with Crippen LogP contribution in [0.4, 0.5) is 0 Å². The highest BCUT2D eigenvalue weighted by Gasteiger charge is 2.23. The van der Waals surface area contributed by atoms with E-state index in [9.17, 15) is 4.79 Å². The molecule has 0 spiro atoms. The number of nitrogens with zero attached hydrogens (tertiary/aromatic N) is 3. The summed E-state index contributed by atoms with van der Waals surface area (Å²) >= 11 is 3.30. The molecule has 3 aromatic heterocycles. The number of aryl methyl sites for hydroxylation is 4. The maximum absolute atomic E-state index is 13.1. The van der Waals surface area contributed by atoms with E-state index in [-0.39, 0.29) is 5.56 Å². The van der Waals surface area contributed by atoms with Crippen LogP contribution in [-0.2, 0) is 25.1 Å². The predicted molar refractivity (Wildman–Crippen MR) is 102 cm³/mol. The first-order valence-corrected chi connectivity index (χ1v) is 10.5. The van der Waals surface area contributed by atoms with Crippen molar-refractivity contribution in [3.8, 4) is 0 Å². The summed E-state index contributed by atoms with van der Waals surface area (Å²) in [5, 5.41) is 5.69. The van der Waals surface area contributed by atoms with Gasteiger partial charge in [-0.1, -0.05) is 23.8 Å². The molecule has 7 heteroatoms. The molecule has 132 valence electrons. The summed E-state index contributed by atoms with van der Waals surface area (Å²) in [6, 6.07) is 0. The van der Waals surface area contributed by atoms with Gasteiger partial charge in [0, 0.05) is 22.7 Å². The lowest BCUT2D eigenvalue weighted by molar-refractivity contribution is 0.392. The topological polar surface area (TPSA) is 60.9 Å². The summed E-state index contributed by atoms with van der Waals surface area (Å²) in [4.78, 5) is 20.3. The lowest BCUT2D eigenvalue weighted by Gasteiger charge is -2.11. The van der Waals surface area contributed by atoms with Crippen LogP contribution < -0.4 is 5.56 Å². The molecule has 3 aromatic rings. The molecule has 0 aliphatic heterocycles. The van der Waals surface area contributed by atoms with Crippen molar-refractivity contribution in [1.82, 2.24) is 14.7 Å². The Morgan fingerprint density at radius 2 is 2.16 bits per heavy atom. The molecule has 1 aliphatic rings. The van der Waals surface area contributed by atoms with Gasteiger partial charge in [0.25, 0.3) is 5.56 Å². The van der Waals surface area contributed by atoms with Gasteiger partial charge in [-0.15, -0.1) is 11.3 Å². The average Bonchev–Trinajstić information content (AvgIpc) is 3.24. The first kappa shape index (κ1) is 16.8. The van der Waals surface area contributed by atoms with Gasteiger partial charge in [0.05, 0.1) is 11.1 Å². The van der Waals surface area contributed by atoms with Crippen LogP contribution in [0.15, 0.2) is 14.5 Å². The zero-order chi connectivity index (χ0) is 17.6. The third kappa shape index (κ3) is 2.83. The summed E-state index contributed by atoms with van der Waals surface area (Å²) < 4.78 is 7.10. The minimum atomic E-state index is 0.132. The van der Waals surface area contributed by atoms with E-state index in [1.165, 1.54) is 10.4 Å². The van der Waals surface area contributed by atoms with Gasteiger partial charge in [0.2, 0.25) is 0 Å². The number of hydrogen-bond acceptors (Lipinski definition) is 6. The summed E-state index contributed by atoms with van der Waals surface area (Å²) in [7, 11) is 0. The van der Waals surface area contributed by atoms with Crippen LogP contribution in [0.1, 0.15) is 47.2 Å². The van der Waals surface area contributed by atoms with Crippen molar-refractivity contribution in [1.29, 1.82) is 0 Å². The first-order valence-electron chi connectivity index (χ1n) is 8.69. The Kier molecular flexibility index (Phi) is 4.45. The molecular formula is C18H21N3O2S2. The Labute approximate surface area is 154 Å². The second-order valence-electron chi connectivity index (χ2n) is 6.48. The Morgan fingerprint density at radius 1 is 1.32 bits per heavy atom. The zero-order valence-electron chi connectivity index (χ0n) is 14.7. The number of hydrogen-bond donors (Lipinski definition) is 0. The summed E-state index contributed by atoms with van der Waals surface area (Å²) in [5.41, 5.74) is 3.39. The molecular weight excluding hydrogens is 354 g/mol. The highest BCUT2D eigenvalue weighted by molar-refractivity contribution is 7.98. The summed E-state index contributed by atoms with van der Waals surface area (Å²) in [6.07, 6.45) is 4.18. The summed E-state index contributed by atoms with van der Waals surface area (Å²) in [5.74, 6) is 1.55. The van der Waals surface area contributed by atoms with E-state index in [0.717, 1.165) is 58.1 Å². The lowest BCUT2D eigenvalue weighted by Crippen LogP contribution is -2.23. The standard InChI is InChI=1S/C18H21N3O2S2/c1-4-8-21-17(22)15-12-6-5-7-14(12)25-16(15)19-18(21)24-9-13-10(2)20-23-11(13)3/h4-9H2,1-3H3. The molecule has 4 rings (SSSR count). The van der Waals surface area contributed by atoms with Gasteiger partial charge in [0.1, 0.15) is 10.6 Å². The smallest absolute Gasteiger partial charge is 0.263 e. The third-order valence-corrected chi connectivity index (χ3v) is 6.95. The SMILES string of the molecule is CCCn1c(SCc2c(C)noc2C)nc2sc3c(c2c1=O)CCC3. The third-order valence-electron chi connectivity index (χ3n) is 4.76. The number of rotatable bonds is 5. The van der Waals surface area contributed by atoms with Crippen molar-refractivity contribution in [3.05, 3.63) is 37.8 Å². The number of aromatic nitrogens is 3. The van der Waals surface area contributed by atoms with Gasteiger partial charge in [-0.25, -0.2) is 4.98 Å². The van der Waals surface area contributed by atoms with Crippen LogP contribution in [0.25, 0.3) is 10.2 Å². The van der Waals surface area contributed by atoms with Gasteiger partial charge >= 0.3 is 0 Å². The number of fused-ring (bicyclic) bond motifs is 3. The maximum Gasteiger partial charge on any atom is 0.263 e. The highest BCUT2D eigenvalue weighted by atomic mass is 32.2. The minimum absolute atomic E-state index is 0.132. The average molecular weight is 376 g/mol. The van der Waals surface area contributed by atoms with E-state index in [4.69, 9.17) is 9.51 Å². The second kappa shape index (κ2) is 6.61. The van der Waals surface area contributed by atoms with E-state index in [1.807, 2.05) is 18.4 Å². The predicted octanol–water partition coefficient (Wildman–Crippen LogP) is 4.25. The molecule has 0 saturated carbocycles. The first-order chi connectivity index (χ1) is 12.1. The quantitative estimate of drug-likeness (QED) is 0.493. The molecule has 0 unspecified atom stereocenters. The van der Waals surface area contributed by atoms with Crippen LogP contribution >= 0.6 is 23.1 Å². The van der Waals surface area contributed by atoms with Crippen molar-refractivity contribution in [3.63, 3.8) is 0 Å². The van der Waals surface area contributed by atoms with Gasteiger partial charge < -0.3 is 4.52 Å². The van der Waals surface area contributed by atoms with E-state index < -0.39 is 0 Å². The maximum atomic E-state index is 13.1. The van der Waals surface area contributed by atoms with E-state index >= 15 is 0 Å². The monoisotopic (exact) mass is 375 g/mol. The molecule has 3 heterocycles. The van der Waals surface area contributed by atoms with Crippen molar-refractivity contribution in [2.45, 2.75) is 63.9 Å². The molecule has 5 nitrogen and oxygen atoms in total. The second-order valence-corrected chi connectivity index (χ2v) is 8.51. The zero-order valence-corrected chi connectivity index (χ0v) is 16.4. The molecule has 0 N–H and O–H groups in total. The Morgan fingerprint density at radius 3 is 2.88 bits per heavy atom. The molecule has 1 aliphatic carbocycles. The van der Waals surface area contributed by atoms with Crippen LogP contribution in [0.3, 0.4) is 0 Å². The fraction of sp³-hybridized carbons (Fsp3) is 0.500. The molecule has 0 aromatic carbocycles. The van der Waals surface area contributed by atoms with Crippen LogP contribution in [0, 0.1) is 13.8 Å². The fourth-order valence-electron chi connectivity index (χ4n) is 3.43. The number of thiophene rings is 1.